The Labute approximate surface area is 165 Å². The Morgan fingerprint density at radius 1 is 1.00 bits per heavy atom. The Hall–Kier alpha value is -2.85. The second-order valence-electron chi connectivity index (χ2n) is 7.45. The molecule has 0 amide bonds. The lowest BCUT2D eigenvalue weighted by Crippen LogP contribution is -2.41. The molecule has 4 rings (SSSR count). The minimum Gasteiger partial charge on any atom is -0.491 e. The van der Waals surface area contributed by atoms with Gasteiger partial charge in [0.25, 0.3) is 0 Å². The summed E-state index contributed by atoms with van der Waals surface area (Å²) in [7, 11) is 0. The predicted octanol–water partition coefficient (Wildman–Crippen LogP) is 4.16. The van der Waals surface area contributed by atoms with E-state index in [0.29, 0.717) is 6.54 Å². The summed E-state index contributed by atoms with van der Waals surface area (Å²) in [6.07, 6.45) is 1.50. The van der Waals surface area contributed by atoms with Gasteiger partial charge >= 0.3 is 0 Å². The average Bonchev–Trinajstić information content (AvgIpc) is 3.03. The van der Waals surface area contributed by atoms with E-state index in [1.165, 1.54) is 22.0 Å². The fourth-order valence-electron chi connectivity index (χ4n) is 3.67. The fourth-order valence-corrected chi connectivity index (χ4v) is 3.67. The number of benzene rings is 3. The third kappa shape index (κ3) is 3.60. The topological polar surface area (TPSA) is 38.3 Å². The average molecular weight is 375 g/mol. The first kappa shape index (κ1) is 18.5. The van der Waals surface area contributed by atoms with E-state index in [1.807, 2.05) is 30.3 Å². The van der Waals surface area contributed by atoms with Gasteiger partial charge in [-0.15, -0.1) is 0 Å². The molecule has 0 spiro atoms. The molecule has 0 saturated carbocycles. The van der Waals surface area contributed by atoms with E-state index in [9.17, 15) is 5.11 Å². The Kier molecular flexibility index (Phi) is 5.05. The molecule has 144 valence electrons. The quantitative estimate of drug-likeness (QED) is 0.514. The summed E-state index contributed by atoms with van der Waals surface area (Å²) in [6.45, 7) is 8.06. The summed E-state index contributed by atoms with van der Waals surface area (Å²) >= 11 is 0. The van der Waals surface area contributed by atoms with E-state index >= 15 is 0 Å². The van der Waals surface area contributed by atoms with Crippen LogP contribution in [0, 0.1) is 13.8 Å². The van der Waals surface area contributed by atoms with Crippen LogP contribution in [-0.2, 0) is 13.1 Å². The predicted molar refractivity (Wildman–Crippen MR) is 113 cm³/mol. The van der Waals surface area contributed by atoms with Crippen LogP contribution in [0.1, 0.15) is 18.1 Å². The zero-order chi connectivity index (χ0) is 19.7. The van der Waals surface area contributed by atoms with Crippen molar-refractivity contribution in [2.24, 2.45) is 0 Å². The third-order valence-electron chi connectivity index (χ3n) is 5.40. The van der Waals surface area contributed by atoms with Crippen molar-refractivity contribution in [3.8, 4) is 5.75 Å². The van der Waals surface area contributed by atoms with Gasteiger partial charge in [0.15, 0.2) is 11.0 Å². The van der Waals surface area contributed by atoms with Crippen molar-refractivity contribution in [1.29, 1.82) is 0 Å². The minimum absolute atomic E-state index is 0.259. The number of aliphatic hydroxyl groups is 1. The molecule has 3 aromatic carbocycles. The van der Waals surface area contributed by atoms with Crippen LogP contribution in [0.5, 0.6) is 5.75 Å². The molecule has 4 heteroatoms. The molecule has 1 heterocycles. The summed E-state index contributed by atoms with van der Waals surface area (Å²) in [5.74, 6) is 0.783. The zero-order valence-corrected chi connectivity index (χ0v) is 16.7. The first-order valence-corrected chi connectivity index (χ1v) is 9.84. The highest BCUT2D eigenvalue weighted by atomic mass is 16.5. The van der Waals surface area contributed by atoms with E-state index in [2.05, 4.69) is 60.5 Å². The van der Waals surface area contributed by atoms with E-state index in [1.54, 1.807) is 0 Å². The Balaban J connectivity index is 1.50. The van der Waals surface area contributed by atoms with Crippen molar-refractivity contribution >= 4 is 21.8 Å². The van der Waals surface area contributed by atoms with Crippen LogP contribution in [0.2, 0.25) is 0 Å². The highest BCUT2D eigenvalue weighted by Gasteiger charge is 2.19. The van der Waals surface area contributed by atoms with Crippen molar-refractivity contribution in [3.63, 3.8) is 0 Å². The molecule has 0 fully saturated rings. The summed E-state index contributed by atoms with van der Waals surface area (Å²) in [4.78, 5) is 0. The van der Waals surface area contributed by atoms with Crippen molar-refractivity contribution in [2.45, 2.75) is 40.0 Å². The zero-order valence-electron chi connectivity index (χ0n) is 16.7. The van der Waals surface area contributed by atoms with Gasteiger partial charge in [0.1, 0.15) is 25.0 Å². The Bertz CT molecular complexity index is 1130. The molecule has 0 bridgehead atoms. The summed E-state index contributed by atoms with van der Waals surface area (Å²) in [5.41, 5.74) is 4.90. The van der Waals surface area contributed by atoms with Crippen LogP contribution < -0.4 is 9.30 Å². The maximum absolute atomic E-state index is 10.6. The van der Waals surface area contributed by atoms with Crippen LogP contribution in [0.4, 0.5) is 0 Å². The van der Waals surface area contributed by atoms with Gasteiger partial charge in [0.05, 0.1) is 6.54 Å². The van der Waals surface area contributed by atoms with Crippen molar-refractivity contribution in [3.05, 3.63) is 72.1 Å². The maximum Gasteiger partial charge on any atom is 0.244 e. The van der Waals surface area contributed by atoms with Gasteiger partial charge in [-0.05, 0) is 66.9 Å². The van der Waals surface area contributed by atoms with Gasteiger partial charge in [-0.25, -0.2) is 9.13 Å². The second kappa shape index (κ2) is 7.64. The Morgan fingerprint density at radius 2 is 1.75 bits per heavy atom. The first-order valence-electron chi connectivity index (χ1n) is 9.84. The van der Waals surface area contributed by atoms with Gasteiger partial charge in [-0.1, -0.05) is 30.3 Å². The maximum atomic E-state index is 10.6. The number of aryl methyl sites for hydroxylation is 3. The monoisotopic (exact) mass is 375 g/mol. The molecular formula is C24H27N2O2+. The molecule has 0 aliphatic rings. The number of nitrogens with zero attached hydrogens (tertiary/aromatic N) is 2. The standard InChI is InChI=1S/C24H27N2O2/c1-4-25-16-26(24-12-18(3)17(2)11-23(24)25)14-21(27)15-28-22-10-9-19-7-5-6-8-20(19)13-22/h5-13,16,21,27H,4,14-15H2,1-3H3/q+1/t21-/m0/s1. The van der Waals surface area contributed by atoms with Gasteiger partial charge < -0.3 is 9.84 Å². The Morgan fingerprint density at radius 3 is 2.54 bits per heavy atom. The van der Waals surface area contributed by atoms with Gasteiger partial charge in [-0.3, -0.25) is 0 Å². The number of hydrogen-bond acceptors (Lipinski definition) is 2. The fraction of sp³-hybridized carbons (Fsp3) is 0.292. The second-order valence-corrected chi connectivity index (χ2v) is 7.45. The largest absolute Gasteiger partial charge is 0.491 e. The van der Waals surface area contributed by atoms with Crippen molar-refractivity contribution < 1.29 is 14.4 Å². The summed E-state index contributed by atoms with van der Waals surface area (Å²) < 4.78 is 10.2. The van der Waals surface area contributed by atoms with Crippen LogP contribution in [0.25, 0.3) is 21.8 Å². The van der Waals surface area contributed by atoms with Gasteiger partial charge in [-0.2, -0.15) is 0 Å². The number of fused-ring (bicyclic) bond motifs is 2. The number of hydrogen-bond donors (Lipinski definition) is 1. The van der Waals surface area contributed by atoms with Gasteiger partial charge in [0, 0.05) is 0 Å². The molecule has 28 heavy (non-hydrogen) atoms. The van der Waals surface area contributed by atoms with Crippen LogP contribution in [-0.4, -0.2) is 22.4 Å². The lowest BCUT2D eigenvalue weighted by atomic mass is 10.1. The minimum atomic E-state index is -0.589. The van der Waals surface area contributed by atoms with Gasteiger partial charge in [0.2, 0.25) is 6.33 Å². The molecule has 1 N–H and O–H groups in total. The third-order valence-corrected chi connectivity index (χ3v) is 5.40. The van der Waals surface area contributed by atoms with Crippen molar-refractivity contribution in [1.82, 2.24) is 4.57 Å². The number of rotatable bonds is 6. The first-order chi connectivity index (χ1) is 13.5. The van der Waals surface area contributed by atoms with Crippen LogP contribution >= 0.6 is 0 Å². The number of aliphatic hydroxyl groups excluding tert-OH is 1. The normalized spacial score (nSPS) is 12.6. The number of aromatic nitrogens is 2. The lowest BCUT2D eigenvalue weighted by Gasteiger charge is -2.12. The molecule has 0 aliphatic carbocycles. The molecule has 0 radical (unpaired) electrons. The van der Waals surface area contributed by atoms with E-state index < -0.39 is 6.10 Å². The molecule has 4 nitrogen and oxygen atoms in total. The highest BCUT2D eigenvalue weighted by Crippen LogP contribution is 2.21. The molecular weight excluding hydrogens is 348 g/mol. The number of ether oxygens (including phenoxy) is 1. The van der Waals surface area contributed by atoms with E-state index in [4.69, 9.17) is 4.74 Å². The molecule has 0 unspecified atom stereocenters. The molecule has 1 atom stereocenters. The molecule has 0 saturated heterocycles. The molecule has 4 aromatic rings. The SMILES string of the molecule is CCn1c[n+](C[C@H](O)COc2ccc3ccccc3c2)c2cc(C)c(C)cc21. The van der Waals surface area contributed by atoms with E-state index in [0.717, 1.165) is 23.2 Å². The van der Waals surface area contributed by atoms with E-state index in [-0.39, 0.29) is 6.61 Å². The summed E-state index contributed by atoms with van der Waals surface area (Å²) in [5, 5.41) is 12.9. The van der Waals surface area contributed by atoms with Crippen molar-refractivity contribution in [2.75, 3.05) is 6.61 Å². The smallest absolute Gasteiger partial charge is 0.244 e. The lowest BCUT2D eigenvalue weighted by molar-refractivity contribution is -0.679. The summed E-state index contributed by atoms with van der Waals surface area (Å²) in [6, 6.07) is 18.6. The van der Waals surface area contributed by atoms with Crippen LogP contribution in [0.3, 0.4) is 0 Å². The van der Waals surface area contributed by atoms with Crippen LogP contribution in [0.15, 0.2) is 60.9 Å². The number of imidazole rings is 1. The highest BCUT2D eigenvalue weighted by molar-refractivity contribution is 5.83. The molecule has 0 aliphatic heterocycles. The molecule has 1 aromatic heterocycles.